The first-order chi connectivity index (χ1) is 4.58. The molecule has 0 aromatic heterocycles. The van der Waals surface area contributed by atoms with Gasteiger partial charge in [-0.25, -0.2) is 0 Å². The van der Waals surface area contributed by atoms with Crippen LogP contribution in [0.3, 0.4) is 0 Å². The van der Waals surface area contributed by atoms with Crippen molar-refractivity contribution in [3.63, 3.8) is 0 Å². The summed E-state index contributed by atoms with van der Waals surface area (Å²) < 4.78 is 0. The predicted octanol–water partition coefficient (Wildman–Crippen LogP) is -2.30. The third-order valence-corrected chi connectivity index (χ3v) is 1.23. The summed E-state index contributed by atoms with van der Waals surface area (Å²) in [4.78, 5) is 20.9. The molecule has 0 aromatic carbocycles. The molecule has 2 amide bonds. The van der Waals surface area contributed by atoms with Crippen LogP contribution >= 0.6 is 0 Å². The number of hydrogen-bond acceptors (Lipinski definition) is 5. The summed E-state index contributed by atoms with van der Waals surface area (Å²) in [5.41, 5.74) is -0.785. The molecular weight excluding hydrogens is 140 g/mol. The molecule has 0 bridgehead atoms. The summed E-state index contributed by atoms with van der Waals surface area (Å²) in [6, 6.07) is 0. The molecule has 1 saturated heterocycles. The lowest BCUT2D eigenvalue weighted by molar-refractivity contribution is -0.151. The summed E-state index contributed by atoms with van der Waals surface area (Å²) in [5.74, 6) is -1.55. The van der Waals surface area contributed by atoms with Crippen molar-refractivity contribution >= 4 is 11.8 Å². The van der Waals surface area contributed by atoms with Gasteiger partial charge >= 0.3 is 0 Å². The van der Waals surface area contributed by atoms with Crippen molar-refractivity contribution < 1.29 is 19.9 Å². The molecule has 1 unspecified atom stereocenters. The quantitative estimate of drug-likeness (QED) is 0.189. The number of carbonyl (C=O) groups is 2. The molecule has 0 radical (unpaired) electrons. The molecule has 1 aliphatic rings. The minimum atomic E-state index is -2.13. The number of carbonyl (C=O) groups excluding carboxylic acids is 2. The zero-order valence-corrected chi connectivity index (χ0v) is 4.92. The highest BCUT2D eigenvalue weighted by atomic mass is 16.5. The molecule has 6 heteroatoms. The van der Waals surface area contributed by atoms with Crippen LogP contribution in [0.25, 0.3) is 0 Å². The monoisotopic (exact) mass is 146 g/mol. The van der Waals surface area contributed by atoms with Gasteiger partial charge in [0, 0.05) is 0 Å². The van der Waals surface area contributed by atoms with Gasteiger partial charge in [0.25, 0.3) is 5.91 Å². The highest BCUT2D eigenvalue weighted by Gasteiger charge is 2.44. The van der Waals surface area contributed by atoms with Crippen LogP contribution in [0.1, 0.15) is 6.42 Å². The SMILES string of the molecule is O=C1CC(O)(NO)C(=O)N1. The molecule has 0 aliphatic carbocycles. The van der Waals surface area contributed by atoms with Crippen molar-refractivity contribution in [3.8, 4) is 0 Å². The van der Waals surface area contributed by atoms with Gasteiger partial charge in [0.2, 0.25) is 11.6 Å². The maximum Gasteiger partial charge on any atom is 0.276 e. The maximum absolute atomic E-state index is 10.5. The molecule has 1 atom stereocenters. The molecule has 1 heterocycles. The lowest BCUT2D eigenvalue weighted by Gasteiger charge is -2.13. The van der Waals surface area contributed by atoms with Gasteiger partial charge < -0.3 is 10.3 Å². The average molecular weight is 146 g/mol. The van der Waals surface area contributed by atoms with Gasteiger partial charge in [-0.05, 0) is 0 Å². The number of amides is 2. The highest BCUT2D eigenvalue weighted by molar-refractivity contribution is 6.07. The smallest absolute Gasteiger partial charge is 0.276 e. The Hall–Kier alpha value is -0.980. The van der Waals surface area contributed by atoms with Crippen LogP contribution in [0.2, 0.25) is 0 Å². The molecular formula is C4H6N2O4. The van der Waals surface area contributed by atoms with Crippen LogP contribution in [-0.4, -0.2) is 27.9 Å². The van der Waals surface area contributed by atoms with Crippen molar-refractivity contribution in [2.75, 3.05) is 0 Å². The number of hydrogen-bond donors (Lipinski definition) is 4. The summed E-state index contributed by atoms with van der Waals surface area (Å²) in [7, 11) is 0. The van der Waals surface area contributed by atoms with E-state index in [2.05, 4.69) is 0 Å². The first-order valence-corrected chi connectivity index (χ1v) is 2.56. The van der Waals surface area contributed by atoms with Crippen LogP contribution in [0, 0.1) is 0 Å². The lowest BCUT2D eigenvalue weighted by Crippen LogP contribution is -2.49. The zero-order chi connectivity index (χ0) is 7.78. The summed E-state index contributed by atoms with van der Waals surface area (Å²) in [6.45, 7) is 0. The van der Waals surface area contributed by atoms with Gasteiger partial charge in [-0.15, -0.1) is 0 Å². The topological polar surface area (TPSA) is 98.7 Å². The molecule has 1 fully saturated rings. The van der Waals surface area contributed by atoms with Crippen molar-refractivity contribution in [1.29, 1.82) is 0 Å². The van der Waals surface area contributed by atoms with Crippen molar-refractivity contribution in [3.05, 3.63) is 0 Å². The average Bonchev–Trinajstić information content (AvgIpc) is 2.09. The molecule has 10 heavy (non-hydrogen) atoms. The summed E-state index contributed by atoms with van der Waals surface area (Å²) in [5, 5.41) is 19.0. The number of hydroxylamine groups is 1. The van der Waals surface area contributed by atoms with Crippen LogP contribution in [0.4, 0.5) is 0 Å². The predicted molar refractivity (Wildman–Crippen MR) is 27.6 cm³/mol. The minimum absolute atomic E-state index is 0.456. The van der Waals surface area contributed by atoms with E-state index in [-0.39, 0.29) is 0 Å². The van der Waals surface area contributed by atoms with Gasteiger partial charge in [-0.3, -0.25) is 14.9 Å². The van der Waals surface area contributed by atoms with E-state index in [9.17, 15) is 9.59 Å². The highest BCUT2D eigenvalue weighted by Crippen LogP contribution is 2.11. The van der Waals surface area contributed by atoms with Crippen LogP contribution < -0.4 is 10.8 Å². The van der Waals surface area contributed by atoms with Crippen LogP contribution in [0.5, 0.6) is 0 Å². The minimum Gasteiger partial charge on any atom is -0.365 e. The third-order valence-electron chi connectivity index (χ3n) is 1.23. The molecule has 56 valence electrons. The van der Waals surface area contributed by atoms with Gasteiger partial charge in [-0.2, -0.15) is 5.48 Å². The second kappa shape index (κ2) is 2.01. The van der Waals surface area contributed by atoms with Crippen LogP contribution in [-0.2, 0) is 9.59 Å². The van der Waals surface area contributed by atoms with Crippen molar-refractivity contribution in [1.82, 2.24) is 10.8 Å². The largest absolute Gasteiger partial charge is 0.365 e. The third kappa shape index (κ3) is 0.878. The summed E-state index contributed by atoms with van der Waals surface area (Å²) >= 11 is 0. The Kier molecular flexibility index (Phi) is 1.43. The van der Waals surface area contributed by atoms with Crippen molar-refractivity contribution in [2.45, 2.75) is 12.1 Å². The second-order valence-corrected chi connectivity index (χ2v) is 2.03. The first kappa shape index (κ1) is 7.13. The van der Waals surface area contributed by atoms with E-state index in [0.29, 0.717) is 0 Å². The lowest BCUT2D eigenvalue weighted by atomic mass is 10.2. The van der Waals surface area contributed by atoms with Crippen LogP contribution in [0.15, 0.2) is 0 Å². The second-order valence-electron chi connectivity index (χ2n) is 2.03. The van der Waals surface area contributed by atoms with E-state index in [1.54, 1.807) is 0 Å². The zero-order valence-electron chi connectivity index (χ0n) is 4.92. The van der Waals surface area contributed by atoms with E-state index < -0.39 is 24.0 Å². The molecule has 1 rings (SSSR count). The van der Waals surface area contributed by atoms with Gasteiger partial charge in [0.05, 0.1) is 6.42 Å². The Morgan fingerprint density at radius 3 is 2.40 bits per heavy atom. The first-order valence-electron chi connectivity index (χ1n) is 2.56. The number of rotatable bonds is 1. The Labute approximate surface area is 55.8 Å². The molecule has 0 aromatic rings. The number of nitrogens with one attached hydrogen (secondary N) is 2. The Balaban J connectivity index is 2.80. The molecule has 1 aliphatic heterocycles. The van der Waals surface area contributed by atoms with Crippen molar-refractivity contribution in [2.24, 2.45) is 0 Å². The Morgan fingerprint density at radius 1 is 1.60 bits per heavy atom. The molecule has 0 saturated carbocycles. The Morgan fingerprint density at radius 2 is 2.20 bits per heavy atom. The normalized spacial score (nSPS) is 32.6. The van der Waals surface area contributed by atoms with E-state index >= 15 is 0 Å². The van der Waals surface area contributed by atoms with E-state index in [4.69, 9.17) is 10.3 Å². The van der Waals surface area contributed by atoms with E-state index in [0.717, 1.165) is 0 Å². The molecule has 6 nitrogen and oxygen atoms in total. The number of imide groups is 1. The Bertz CT molecular complexity index is 192. The van der Waals surface area contributed by atoms with Gasteiger partial charge in [-0.1, -0.05) is 0 Å². The fourth-order valence-corrected chi connectivity index (χ4v) is 0.677. The number of aliphatic hydroxyl groups is 1. The fourth-order valence-electron chi connectivity index (χ4n) is 0.677. The molecule has 0 spiro atoms. The van der Waals surface area contributed by atoms with E-state index in [1.165, 1.54) is 5.48 Å². The summed E-state index contributed by atoms with van der Waals surface area (Å²) in [6.07, 6.45) is -0.456. The van der Waals surface area contributed by atoms with Gasteiger partial charge in [0.1, 0.15) is 0 Å². The maximum atomic E-state index is 10.5. The molecule has 4 N–H and O–H groups in total. The standard InChI is InChI=1S/C4H6N2O4/c7-2-1-4(9,6-10)3(8)5-2/h6,9-10H,1H2,(H,5,7,8). The van der Waals surface area contributed by atoms with Gasteiger partial charge in [0.15, 0.2) is 0 Å². The van der Waals surface area contributed by atoms with E-state index in [1.807, 2.05) is 5.32 Å². The fraction of sp³-hybridized carbons (Fsp3) is 0.500.